The molecule has 1 amide bonds. The van der Waals surface area contributed by atoms with Gasteiger partial charge in [-0.15, -0.1) is 11.8 Å². The first-order valence-corrected chi connectivity index (χ1v) is 9.86. The number of amides is 1. The zero-order chi connectivity index (χ0) is 19.4. The lowest BCUT2D eigenvalue weighted by Crippen LogP contribution is -2.61. The van der Waals surface area contributed by atoms with E-state index >= 15 is 0 Å². The summed E-state index contributed by atoms with van der Waals surface area (Å²) in [6, 6.07) is 3.60. The maximum Gasteiger partial charge on any atom is 0.378 e. The number of carbonyl (C=O) groups is 3. The minimum Gasteiger partial charge on any atom is -0.539 e. The van der Waals surface area contributed by atoms with Crippen molar-refractivity contribution in [2.75, 3.05) is 12.4 Å². The molecule has 0 saturated carbocycles. The van der Waals surface area contributed by atoms with Gasteiger partial charge >= 0.3 is 20.0 Å². The standard InChI is InChI=1S/C17H15BN2O5S2/c1-2-7-24-13(21)8-11-15(22)20-14(17(23)25-18)12(9-26-16(11)20)27-10-3-5-19-6-4-10/h2-6,11,16H,1,7-9H2/t11-,16-/m1/s1. The number of β-lactam (4-membered cyclic amide) rings is 1. The zero-order valence-corrected chi connectivity index (χ0v) is 15.8. The molecule has 1 aromatic rings. The molecule has 3 heterocycles. The number of rotatable bonds is 7. The summed E-state index contributed by atoms with van der Waals surface area (Å²) < 4.78 is 9.35. The van der Waals surface area contributed by atoms with Crippen LogP contribution < -0.4 is 0 Å². The Labute approximate surface area is 166 Å². The van der Waals surface area contributed by atoms with Gasteiger partial charge in [0.05, 0.1) is 17.7 Å². The third-order valence-corrected chi connectivity index (χ3v) is 6.59. The molecule has 0 aliphatic carbocycles. The zero-order valence-electron chi connectivity index (χ0n) is 14.2. The molecule has 27 heavy (non-hydrogen) atoms. The van der Waals surface area contributed by atoms with E-state index < -0.39 is 17.9 Å². The second-order valence-corrected chi connectivity index (χ2v) is 7.93. The number of pyridine rings is 1. The Kier molecular flexibility index (Phi) is 6.28. The van der Waals surface area contributed by atoms with Crippen LogP contribution in [-0.2, 0) is 23.8 Å². The van der Waals surface area contributed by atoms with Crippen LogP contribution in [0.1, 0.15) is 6.42 Å². The summed E-state index contributed by atoms with van der Waals surface area (Å²) in [5.74, 6) is -1.63. The molecule has 3 rings (SSSR count). The third kappa shape index (κ3) is 4.06. The lowest BCUT2D eigenvalue weighted by molar-refractivity contribution is -0.157. The molecular weight excluding hydrogens is 387 g/mol. The summed E-state index contributed by atoms with van der Waals surface area (Å²) in [5, 5.41) is -0.329. The molecule has 138 valence electrons. The van der Waals surface area contributed by atoms with E-state index in [2.05, 4.69) is 16.2 Å². The number of nitrogens with zero attached hydrogens (tertiary/aromatic N) is 2. The number of aromatic nitrogens is 1. The van der Waals surface area contributed by atoms with E-state index in [1.807, 2.05) is 0 Å². The van der Waals surface area contributed by atoms with Crippen LogP contribution in [0.25, 0.3) is 0 Å². The highest BCUT2D eigenvalue weighted by atomic mass is 32.2. The Morgan fingerprint density at radius 3 is 2.85 bits per heavy atom. The number of carbonyl (C=O) groups excluding carboxylic acids is 3. The largest absolute Gasteiger partial charge is 0.539 e. The van der Waals surface area contributed by atoms with Gasteiger partial charge in [-0.05, 0) is 12.1 Å². The molecule has 0 unspecified atom stereocenters. The highest BCUT2D eigenvalue weighted by Crippen LogP contribution is 2.48. The van der Waals surface area contributed by atoms with Gasteiger partial charge in [-0.2, -0.15) is 0 Å². The van der Waals surface area contributed by atoms with Crippen molar-refractivity contribution in [1.82, 2.24) is 9.88 Å². The lowest BCUT2D eigenvalue weighted by Gasteiger charge is -2.49. The number of esters is 1. The van der Waals surface area contributed by atoms with E-state index in [4.69, 9.17) is 12.8 Å². The maximum absolute atomic E-state index is 12.6. The van der Waals surface area contributed by atoms with Crippen molar-refractivity contribution in [1.29, 1.82) is 0 Å². The molecule has 2 aliphatic heterocycles. The molecule has 1 fully saturated rings. The molecule has 2 atom stereocenters. The van der Waals surface area contributed by atoms with Crippen LogP contribution in [0.3, 0.4) is 0 Å². The van der Waals surface area contributed by atoms with E-state index in [0.29, 0.717) is 10.7 Å². The van der Waals surface area contributed by atoms with Crippen molar-refractivity contribution in [3.8, 4) is 0 Å². The van der Waals surface area contributed by atoms with Crippen molar-refractivity contribution < 1.29 is 23.8 Å². The van der Waals surface area contributed by atoms with E-state index in [-0.39, 0.29) is 30.0 Å². The molecule has 7 nitrogen and oxygen atoms in total. The summed E-state index contributed by atoms with van der Waals surface area (Å²) in [6.45, 7) is 3.57. The summed E-state index contributed by atoms with van der Waals surface area (Å²) in [4.78, 5) is 43.5. The number of fused-ring (bicyclic) bond motifs is 1. The summed E-state index contributed by atoms with van der Waals surface area (Å²) in [6.07, 6.45) is 4.70. The van der Waals surface area contributed by atoms with Gasteiger partial charge in [-0.3, -0.25) is 19.5 Å². The topological polar surface area (TPSA) is 85.8 Å². The smallest absolute Gasteiger partial charge is 0.378 e. The fourth-order valence-electron chi connectivity index (χ4n) is 2.79. The van der Waals surface area contributed by atoms with Crippen molar-refractivity contribution >= 4 is 49.4 Å². The van der Waals surface area contributed by atoms with Gasteiger partial charge in [-0.1, -0.05) is 24.4 Å². The Balaban J connectivity index is 1.80. The molecule has 1 aromatic heterocycles. The van der Waals surface area contributed by atoms with E-state index in [1.165, 1.54) is 34.5 Å². The van der Waals surface area contributed by atoms with Crippen LogP contribution in [0.2, 0.25) is 0 Å². The van der Waals surface area contributed by atoms with Gasteiger partial charge in [0.25, 0.3) is 0 Å². The normalized spacial score (nSPS) is 21.2. The highest BCUT2D eigenvalue weighted by molar-refractivity contribution is 8.06. The van der Waals surface area contributed by atoms with E-state index in [0.717, 1.165) is 4.90 Å². The molecular formula is C17H15BN2O5S2. The Morgan fingerprint density at radius 1 is 1.44 bits per heavy atom. The van der Waals surface area contributed by atoms with Crippen molar-refractivity contribution in [3.63, 3.8) is 0 Å². The minimum absolute atomic E-state index is 0.0430. The van der Waals surface area contributed by atoms with Crippen LogP contribution in [0.5, 0.6) is 0 Å². The van der Waals surface area contributed by atoms with Crippen LogP contribution in [0.15, 0.2) is 52.7 Å². The fraction of sp³-hybridized carbons (Fsp3) is 0.294. The summed E-state index contributed by atoms with van der Waals surface area (Å²) in [7, 11) is 5.07. The SMILES string of the molecule is [B]OC(=O)C1=C(Sc2ccncc2)CS[C@@H]2[C@H](CC(=O)OCC=C)C(=O)N12. The van der Waals surface area contributed by atoms with Gasteiger partial charge in [0.15, 0.2) is 0 Å². The Bertz CT molecular complexity index is 802. The van der Waals surface area contributed by atoms with Gasteiger partial charge in [0, 0.05) is 27.9 Å². The second kappa shape index (κ2) is 8.66. The minimum atomic E-state index is -0.780. The molecule has 2 radical (unpaired) electrons. The number of ether oxygens (including phenoxy) is 1. The average molecular weight is 402 g/mol. The van der Waals surface area contributed by atoms with Crippen LogP contribution in [-0.4, -0.2) is 53.5 Å². The molecule has 1 saturated heterocycles. The monoisotopic (exact) mass is 402 g/mol. The van der Waals surface area contributed by atoms with Gasteiger partial charge in [0.2, 0.25) is 5.91 Å². The van der Waals surface area contributed by atoms with Gasteiger partial charge in [0.1, 0.15) is 12.3 Å². The average Bonchev–Trinajstić information content (AvgIpc) is 2.70. The van der Waals surface area contributed by atoms with Gasteiger partial charge in [-0.25, -0.2) is 4.79 Å². The van der Waals surface area contributed by atoms with Crippen molar-refractivity contribution in [3.05, 3.63) is 47.8 Å². The number of hydrogen-bond acceptors (Lipinski definition) is 8. The van der Waals surface area contributed by atoms with Crippen molar-refractivity contribution in [2.45, 2.75) is 16.7 Å². The molecule has 0 aromatic carbocycles. The molecule has 2 aliphatic rings. The van der Waals surface area contributed by atoms with Crippen LogP contribution in [0, 0.1) is 5.92 Å². The van der Waals surface area contributed by atoms with E-state index in [1.54, 1.807) is 24.5 Å². The predicted octanol–water partition coefficient (Wildman–Crippen LogP) is 1.66. The lowest BCUT2D eigenvalue weighted by atomic mass is 9.93. The first-order chi connectivity index (χ1) is 13.1. The molecule has 0 spiro atoms. The maximum atomic E-state index is 12.6. The van der Waals surface area contributed by atoms with E-state index in [9.17, 15) is 14.4 Å². The molecule has 0 bridgehead atoms. The van der Waals surface area contributed by atoms with Crippen LogP contribution in [0.4, 0.5) is 0 Å². The predicted molar refractivity (Wildman–Crippen MR) is 101 cm³/mol. The Hall–Kier alpha value is -2.20. The third-order valence-electron chi connectivity index (χ3n) is 3.98. The van der Waals surface area contributed by atoms with Crippen molar-refractivity contribution in [2.24, 2.45) is 5.92 Å². The van der Waals surface area contributed by atoms with Gasteiger partial charge < -0.3 is 9.39 Å². The first-order valence-electron chi connectivity index (χ1n) is 8.00. The number of thioether (sulfide) groups is 2. The second-order valence-electron chi connectivity index (χ2n) is 5.65. The number of hydrogen-bond donors (Lipinski definition) is 0. The molecule has 0 N–H and O–H groups in total. The van der Waals surface area contributed by atoms with Crippen LogP contribution >= 0.6 is 23.5 Å². The quantitative estimate of drug-likeness (QED) is 0.295. The Morgan fingerprint density at radius 2 is 2.19 bits per heavy atom. The molecule has 10 heteroatoms. The highest BCUT2D eigenvalue weighted by Gasteiger charge is 2.54. The summed E-state index contributed by atoms with van der Waals surface area (Å²) in [5.41, 5.74) is 0.128. The summed E-state index contributed by atoms with van der Waals surface area (Å²) >= 11 is 2.83. The fourth-order valence-corrected chi connectivity index (χ4v) is 5.31. The first kappa shape index (κ1) is 19.6.